The summed E-state index contributed by atoms with van der Waals surface area (Å²) in [7, 11) is 0. The molecule has 0 atom stereocenters. The summed E-state index contributed by atoms with van der Waals surface area (Å²) in [5, 5.41) is 3.28. The van der Waals surface area contributed by atoms with E-state index < -0.39 is 0 Å². The normalized spacial score (nSPS) is 10.3. The van der Waals surface area contributed by atoms with Crippen molar-refractivity contribution >= 4 is 11.6 Å². The Balaban J connectivity index is 2.08. The molecule has 0 amide bonds. The molecule has 0 spiro atoms. The van der Waals surface area contributed by atoms with E-state index in [1.54, 1.807) is 6.07 Å². The van der Waals surface area contributed by atoms with Crippen LogP contribution in [0.2, 0.25) is 0 Å². The van der Waals surface area contributed by atoms with Crippen LogP contribution < -0.4 is 16.6 Å². The molecule has 100 valence electrons. The number of aryl methyl sites for hydroxylation is 2. The largest absolute Gasteiger partial charge is 0.366 e. The van der Waals surface area contributed by atoms with Gasteiger partial charge in [0.15, 0.2) is 0 Å². The van der Waals surface area contributed by atoms with Crippen molar-refractivity contribution in [1.82, 2.24) is 9.97 Å². The van der Waals surface area contributed by atoms with E-state index in [4.69, 9.17) is 5.84 Å². The first-order valence-electron chi connectivity index (χ1n) is 6.35. The summed E-state index contributed by atoms with van der Waals surface area (Å²) >= 11 is 0. The van der Waals surface area contributed by atoms with Crippen LogP contribution in [0.4, 0.5) is 11.6 Å². The highest BCUT2D eigenvalue weighted by atomic mass is 15.3. The first-order chi connectivity index (χ1) is 9.21. The third kappa shape index (κ3) is 3.66. The molecule has 2 rings (SSSR count). The molecule has 5 heteroatoms. The minimum Gasteiger partial charge on any atom is -0.366 e. The molecule has 4 N–H and O–H groups in total. The van der Waals surface area contributed by atoms with Crippen molar-refractivity contribution in [2.45, 2.75) is 26.8 Å². The maximum Gasteiger partial charge on any atom is 0.145 e. The van der Waals surface area contributed by atoms with Crippen LogP contribution >= 0.6 is 0 Å². The van der Waals surface area contributed by atoms with Crippen molar-refractivity contribution in [3.05, 3.63) is 47.3 Å². The predicted octanol–water partition coefficient (Wildman–Crippen LogP) is 2.25. The van der Waals surface area contributed by atoms with Gasteiger partial charge in [-0.15, -0.1) is 0 Å². The number of hydrogen-bond acceptors (Lipinski definition) is 5. The Morgan fingerprint density at radius 2 is 1.79 bits per heavy atom. The Bertz CT molecular complexity index is 514. The number of rotatable bonds is 5. The molecule has 2 aromatic rings. The number of benzene rings is 1. The Kier molecular flexibility index (Phi) is 4.30. The van der Waals surface area contributed by atoms with Gasteiger partial charge >= 0.3 is 0 Å². The van der Waals surface area contributed by atoms with E-state index in [0.717, 1.165) is 24.6 Å². The van der Waals surface area contributed by atoms with Gasteiger partial charge in [0.1, 0.15) is 17.5 Å². The van der Waals surface area contributed by atoms with Gasteiger partial charge in [-0.1, -0.05) is 36.8 Å². The van der Waals surface area contributed by atoms with Crippen LogP contribution in [0.5, 0.6) is 0 Å². The number of nitrogens with zero attached hydrogens (tertiary/aromatic N) is 2. The average Bonchev–Trinajstić information content (AvgIpc) is 2.46. The number of hydrazine groups is 1. The van der Waals surface area contributed by atoms with Crippen molar-refractivity contribution in [1.29, 1.82) is 0 Å². The molecule has 0 saturated heterocycles. The van der Waals surface area contributed by atoms with E-state index in [1.165, 1.54) is 11.1 Å². The quantitative estimate of drug-likeness (QED) is 0.566. The molecule has 0 unspecified atom stereocenters. The van der Waals surface area contributed by atoms with Gasteiger partial charge in [-0.3, -0.25) is 0 Å². The second kappa shape index (κ2) is 6.15. The van der Waals surface area contributed by atoms with Crippen molar-refractivity contribution in [2.24, 2.45) is 5.84 Å². The van der Waals surface area contributed by atoms with E-state index in [2.05, 4.69) is 51.9 Å². The fourth-order valence-corrected chi connectivity index (χ4v) is 1.72. The number of hydrogen-bond donors (Lipinski definition) is 3. The monoisotopic (exact) mass is 257 g/mol. The summed E-state index contributed by atoms with van der Waals surface area (Å²) < 4.78 is 0. The number of anilines is 2. The van der Waals surface area contributed by atoms with Crippen LogP contribution in [-0.2, 0) is 13.0 Å². The Morgan fingerprint density at radius 1 is 1.11 bits per heavy atom. The van der Waals surface area contributed by atoms with Crippen molar-refractivity contribution in [2.75, 3.05) is 10.7 Å². The lowest BCUT2D eigenvalue weighted by molar-refractivity contribution is 0.931. The molecule has 1 aromatic carbocycles. The number of nitrogens with one attached hydrogen (secondary N) is 2. The van der Waals surface area contributed by atoms with Gasteiger partial charge in [-0.05, 0) is 12.5 Å². The minimum atomic E-state index is 0.623. The summed E-state index contributed by atoms with van der Waals surface area (Å²) in [6.07, 6.45) is 0.773. The molecular formula is C14H19N5. The molecule has 1 heterocycles. The van der Waals surface area contributed by atoms with Crippen molar-refractivity contribution in [3.8, 4) is 0 Å². The summed E-state index contributed by atoms with van der Waals surface area (Å²) in [5.74, 6) is 7.57. The number of nitrogens with two attached hydrogens (primary N) is 1. The Hall–Kier alpha value is -2.14. The highest BCUT2D eigenvalue weighted by Crippen LogP contribution is 2.12. The van der Waals surface area contributed by atoms with Crippen LogP contribution in [-0.4, -0.2) is 9.97 Å². The summed E-state index contributed by atoms with van der Waals surface area (Å²) in [5.41, 5.74) is 5.03. The average molecular weight is 257 g/mol. The smallest absolute Gasteiger partial charge is 0.145 e. The zero-order chi connectivity index (χ0) is 13.7. The molecule has 0 aliphatic carbocycles. The maximum absolute atomic E-state index is 5.40. The lowest BCUT2D eigenvalue weighted by atomic mass is 10.1. The van der Waals surface area contributed by atoms with Gasteiger partial charge in [-0.25, -0.2) is 15.8 Å². The zero-order valence-electron chi connectivity index (χ0n) is 11.3. The van der Waals surface area contributed by atoms with Crippen LogP contribution in [0.25, 0.3) is 0 Å². The van der Waals surface area contributed by atoms with Crippen LogP contribution in [0.1, 0.15) is 23.9 Å². The topological polar surface area (TPSA) is 75.9 Å². The standard InChI is InChI=1S/C14H19N5/c1-3-12-17-13(8-14(18-12)19-15)16-9-11-6-4-10(2)5-7-11/h4-8H,3,9,15H2,1-2H3,(H2,16,17,18,19). The first-order valence-corrected chi connectivity index (χ1v) is 6.35. The van der Waals surface area contributed by atoms with Gasteiger partial charge in [0.05, 0.1) is 0 Å². The molecule has 0 saturated carbocycles. The van der Waals surface area contributed by atoms with Crippen LogP contribution in [0.15, 0.2) is 30.3 Å². The molecule has 0 bridgehead atoms. The lowest BCUT2D eigenvalue weighted by Gasteiger charge is -2.09. The van der Waals surface area contributed by atoms with Crippen molar-refractivity contribution in [3.63, 3.8) is 0 Å². The van der Waals surface area contributed by atoms with Crippen LogP contribution in [0, 0.1) is 6.92 Å². The summed E-state index contributed by atoms with van der Waals surface area (Å²) in [4.78, 5) is 8.66. The highest BCUT2D eigenvalue weighted by molar-refractivity contribution is 5.47. The third-order valence-corrected chi connectivity index (χ3v) is 2.83. The van der Waals surface area contributed by atoms with E-state index in [-0.39, 0.29) is 0 Å². The van der Waals surface area contributed by atoms with E-state index >= 15 is 0 Å². The molecule has 19 heavy (non-hydrogen) atoms. The second-order valence-electron chi connectivity index (χ2n) is 4.39. The summed E-state index contributed by atoms with van der Waals surface area (Å²) in [6.45, 7) is 4.82. The van der Waals surface area contributed by atoms with E-state index in [9.17, 15) is 0 Å². The zero-order valence-corrected chi connectivity index (χ0v) is 11.3. The maximum atomic E-state index is 5.40. The van der Waals surface area contributed by atoms with Crippen LogP contribution in [0.3, 0.4) is 0 Å². The van der Waals surface area contributed by atoms with E-state index in [1.807, 2.05) is 6.92 Å². The molecule has 1 aromatic heterocycles. The summed E-state index contributed by atoms with van der Waals surface area (Å²) in [6, 6.07) is 10.2. The van der Waals surface area contributed by atoms with Gasteiger partial charge in [-0.2, -0.15) is 0 Å². The highest BCUT2D eigenvalue weighted by Gasteiger charge is 2.02. The molecular weight excluding hydrogens is 238 g/mol. The molecule has 5 nitrogen and oxygen atoms in total. The lowest BCUT2D eigenvalue weighted by Crippen LogP contribution is -2.12. The molecule has 0 fully saturated rings. The predicted molar refractivity (Wildman–Crippen MR) is 77.7 cm³/mol. The SMILES string of the molecule is CCc1nc(NN)cc(NCc2ccc(C)cc2)n1. The van der Waals surface area contributed by atoms with Gasteiger partial charge in [0.2, 0.25) is 0 Å². The van der Waals surface area contributed by atoms with E-state index in [0.29, 0.717) is 5.82 Å². The second-order valence-corrected chi connectivity index (χ2v) is 4.39. The Morgan fingerprint density at radius 3 is 2.42 bits per heavy atom. The number of nitrogen functional groups attached to an aromatic ring is 1. The van der Waals surface area contributed by atoms with Crippen molar-refractivity contribution < 1.29 is 0 Å². The van der Waals surface area contributed by atoms with Gasteiger partial charge in [0.25, 0.3) is 0 Å². The van der Waals surface area contributed by atoms with Gasteiger partial charge in [0, 0.05) is 19.0 Å². The fraction of sp³-hybridized carbons (Fsp3) is 0.286. The molecule has 0 radical (unpaired) electrons. The van der Waals surface area contributed by atoms with Gasteiger partial charge < -0.3 is 10.7 Å². The molecule has 0 aliphatic heterocycles. The first kappa shape index (κ1) is 13.3. The fourth-order valence-electron chi connectivity index (χ4n) is 1.72. The molecule has 0 aliphatic rings. The third-order valence-electron chi connectivity index (χ3n) is 2.83. The Labute approximate surface area is 113 Å². The number of aromatic nitrogens is 2. The minimum absolute atomic E-state index is 0.623.